The molecule has 2 aromatic rings. The number of nitro benzene ring substituents is 1. The van der Waals surface area contributed by atoms with Gasteiger partial charge in [0, 0.05) is 21.7 Å². The molecule has 0 spiro atoms. The van der Waals surface area contributed by atoms with Crippen molar-refractivity contribution < 1.29 is 19.2 Å². The van der Waals surface area contributed by atoms with E-state index in [1.54, 1.807) is 30.3 Å². The molecule has 0 bridgehead atoms. The summed E-state index contributed by atoms with van der Waals surface area (Å²) >= 11 is 3.43. The highest BCUT2D eigenvalue weighted by Gasteiger charge is 2.15. The van der Waals surface area contributed by atoms with Crippen LogP contribution in [0.1, 0.15) is 18.1 Å². The number of nitro groups is 1. The molecule has 9 heteroatoms. The second-order valence-electron chi connectivity index (χ2n) is 5.71. The van der Waals surface area contributed by atoms with E-state index in [2.05, 4.69) is 33.0 Å². The van der Waals surface area contributed by atoms with Gasteiger partial charge >= 0.3 is 0 Å². The number of nitrogens with one attached hydrogen (secondary N) is 1. The zero-order valence-corrected chi connectivity index (χ0v) is 17.3. The predicted octanol–water partition coefficient (Wildman–Crippen LogP) is 4.01. The van der Waals surface area contributed by atoms with Gasteiger partial charge in [0.25, 0.3) is 5.69 Å². The number of carbonyl (C=O) groups is 1. The minimum atomic E-state index is -0.520. The van der Waals surface area contributed by atoms with Crippen molar-refractivity contribution in [2.45, 2.75) is 13.3 Å². The van der Waals surface area contributed by atoms with Gasteiger partial charge in [0.2, 0.25) is 5.91 Å². The molecule has 8 nitrogen and oxygen atoms in total. The molecule has 0 aliphatic heterocycles. The minimum absolute atomic E-state index is 0.106. The zero-order chi connectivity index (χ0) is 21.2. The quantitative estimate of drug-likeness (QED) is 0.249. The van der Waals surface area contributed by atoms with Crippen LogP contribution in [0.15, 0.2) is 58.6 Å². The maximum absolute atomic E-state index is 12.1. The number of nitrogens with zero attached hydrogens (tertiary/aromatic N) is 2. The molecule has 0 fully saturated rings. The third-order valence-electron chi connectivity index (χ3n) is 3.65. The number of rotatable bonds is 10. The molecule has 29 heavy (non-hydrogen) atoms. The van der Waals surface area contributed by atoms with Crippen LogP contribution in [0.4, 0.5) is 5.69 Å². The topological polar surface area (TPSA) is 103 Å². The number of carbonyl (C=O) groups excluding carboxylic acids is 1. The maximum atomic E-state index is 12.1. The number of para-hydroxylation sites is 1. The Bertz CT molecular complexity index is 930. The van der Waals surface area contributed by atoms with E-state index in [-0.39, 0.29) is 12.1 Å². The summed E-state index contributed by atoms with van der Waals surface area (Å²) in [5, 5.41) is 15.0. The minimum Gasteiger partial charge on any atom is -0.490 e. The smallest absolute Gasteiger partial charge is 0.273 e. The van der Waals surface area contributed by atoms with Crippen LogP contribution < -0.4 is 14.9 Å². The van der Waals surface area contributed by atoms with Crippen molar-refractivity contribution in [1.29, 1.82) is 0 Å². The lowest BCUT2D eigenvalue weighted by atomic mass is 10.1. The highest BCUT2D eigenvalue weighted by atomic mass is 79.9. The summed E-state index contributed by atoms with van der Waals surface area (Å²) in [5.41, 5.74) is 3.24. The molecule has 0 aliphatic rings. The number of hydrogen-bond acceptors (Lipinski definition) is 6. The Kier molecular flexibility index (Phi) is 8.35. The van der Waals surface area contributed by atoms with Crippen LogP contribution in [0.5, 0.6) is 11.5 Å². The molecule has 2 rings (SSSR count). The Balaban J connectivity index is 2.09. The monoisotopic (exact) mass is 461 g/mol. The average Bonchev–Trinajstić information content (AvgIpc) is 2.69. The van der Waals surface area contributed by atoms with Gasteiger partial charge in [-0.1, -0.05) is 30.9 Å². The Morgan fingerprint density at radius 3 is 2.72 bits per heavy atom. The van der Waals surface area contributed by atoms with Gasteiger partial charge in [-0.2, -0.15) is 5.10 Å². The first-order valence-corrected chi connectivity index (χ1v) is 9.49. The fourth-order valence-electron chi connectivity index (χ4n) is 2.40. The number of hydrazone groups is 1. The summed E-state index contributed by atoms with van der Waals surface area (Å²) in [5.74, 6) is 0.615. The van der Waals surface area contributed by atoms with Crippen molar-refractivity contribution in [2.75, 3.05) is 13.2 Å². The van der Waals surface area contributed by atoms with Crippen LogP contribution >= 0.6 is 15.9 Å². The number of halogens is 1. The van der Waals surface area contributed by atoms with Crippen molar-refractivity contribution in [3.8, 4) is 11.5 Å². The first kappa shape index (κ1) is 22.1. The van der Waals surface area contributed by atoms with Gasteiger partial charge in [-0.15, -0.1) is 0 Å². The van der Waals surface area contributed by atoms with Crippen molar-refractivity contribution in [1.82, 2.24) is 5.43 Å². The maximum Gasteiger partial charge on any atom is 0.273 e. The second-order valence-corrected chi connectivity index (χ2v) is 6.56. The molecule has 1 amide bonds. The molecule has 0 aromatic heterocycles. The fourth-order valence-corrected chi connectivity index (χ4v) is 2.83. The normalized spacial score (nSPS) is 10.6. The first-order valence-electron chi connectivity index (χ1n) is 8.70. The Labute approximate surface area is 176 Å². The lowest BCUT2D eigenvalue weighted by Gasteiger charge is -2.12. The fraction of sp³-hybridized carbons (Fsp3) is 0.200. The van der Waals surface area contributed by atoms with Crippen molar-refractivity contribution >= 4 is 33.7 Å². The van der Waals surface area contributed by atoms with Crippen LogP contribution in [0.3, 0.4) is 0 Å². The van der Waals surface area contributed by atoms with Gasteiger partial charge in [0.1, 0.15) is 6.61 Å². The van der Waals surface area contributed by atoms with E-state index in [1.807, 2.05) is 6.92 Å². The van der Waals surface area contributed by atoms with Gasteiger partial charge in [0.15, 0.2) is 11.5 Å². The van der Waals surface area contributed by atoms with E-state index < -0.39 is 10.8 Å². The molecule has 0 radical (unpaired) electrons. The molecule has 2 aromatic carbocycles. The molecular formula is C20H20BrN3O5. The number of hydrogen-bond donors (Lipinski definition) is 1. The highest BCUT2D eigenvalue weighted by molar-refractivity contribution is 9.10. The summed E-state index contributed by atoms with van der Waals surface area (Å²) in [7, 11) is 0. The van der Waals surface area contributed by atoms with Crippen LogP contribution in [-0.4, -0.2) is 30.3 Å². The zero-order valence-electron chi connectivity index (χ0n) is 15.8. The van der Waals surface area contributed by atoms with Gasteiger partial charge in [-0.3, -0.25) is 14.9 Å². The lowest BCUT2D eigenvalue weighted by Crippen LogP contribution is -2.20. The molecule has 1 N–H and O–H groups in total. The van der Waals surface area contributed by atoms with E-state index in [1.165, 1.54) is 18.3 Å². The Hall–Kier alpha value is -3.20. The highest BCUT2D eigenvalue weighted by Crippen LogP contribution is 2.33. The standard InChI is InChI=1S/C20H20BrN3O5/c1-3-9-29-19-12-16(21)15(10-18(19)28-4-2)13-22-23-20(25)11-14-7-5-6-8-17(14)24(26)27/h3,5-8,10,12-13H,1,4,9,11H2,2H3,(H,23,25). The number of amides is 1. The van der Waals surface area contributed by atoms with E-state index in [0.29, 0.717) is 40.3 Å². The molecule has 0 saturated carbocycles. The summed E-state index contributed by atoms with van der Waals surface area (Å²) < 4.78 is 11.8. The summed E-state index contributed by atoms with van der Waals surface area (Å²) in [4.78, 5) is 22.6. The third-order valence-corrected chi connectivity index (χ3v) is 4.34. The average molecular weight is 462 g/mol. The van der Waals surface area contributed by atoms with E-state index in [0.717, 1.165) is 0 Å². The SMILES string of the molecule is C=CCOc1cc(Br)c(C=NNC(=O)Cc2ccccc2[N+](=O)[O-])cc1OCC. The first-order chi connectivity index (χ1) is 14.0. The summed E-state index contributed by atoms with van der Waals surface area (Å²) in [6.07, 6.45) is 2.92. The largest absolute Gasteiger partial charge is 0.490 e. The van der Waals surface area contributed by atoms with E-state index in [9.17, 15) is 14.9 Å². The van der Waals surface area contributed by atoms with Gasteiger partial charge < -0.3 is 9.47 Å². The van der Waals surface area contributed by atoms with E-state index in [4.69, 9.17) is 9.47 Å². The summed E-state index contributed by atoms with van der Waals surface area (Å²) in [6.45, 7) is 6.26. The number of benzene rings is 2. The molecular weight excluding hydrogens is 442 g/mol. The molecule has 0 saturated heterocycles. The van der Waals surface area contributed by atoms with Crippen molar-refractivity contribution in [2.24, 2.45) is 5.10 Å². The predicted molar refractivity (Wildman–Crippen MR) is 114 cm³/mol. The number of ether oxygens (including phenoxy) is 2. The van der Waals surface area contributed by atoms with Crippen LogP contribution in [0, 0.1) is 10.1 Å². The van der Waals surface area contributed by atoms with Crippen molar-refractivity contribution in [3.05, 3.63) is 74.8 Å². The van der Waals surface area contributed by atoms with Crippen LogP contribution in [-0.2, 0) is 11.2 Å². The lowest BCUT2D eigenvalue weighted by molar-refractivity contribution is -0.385. The molecule has 0 heterocycles. The van der Waals surface area contributed by atoms with Crippen molar-refractivity contribution in [3.63, 3.8) is 0 Å². The van der Waals surface area contributed by atoms with E-state index >= 15 is 0 Å². The van der Waals surface area contributed by atoms with Crippen LogP contribution in [0.2, 0.25) is 0 Å². The van der Waals surface area contributed by atoms with Gasteiger partial charge in [-0.05, 0) is 35.0 Å². The van der Waals surface area contributed by atoms with Gasteiger partial charge in [0.05, 0.1) is 24.2 Å². The van der Waals surface area contributed by atoms with Crippen LogP contribution in [0.25, 0.3) is 0 Å². The Morgan fingerprint density at radius 1 is 1.31 bits per heavy atom. The van der Waals surface area contributed by atoms with Gasteiger partial charge in [-0.25, -0.2) is 5.43 Å². The molecule has 152 valence electrons. The molecule has 0 aliphatic carbocycles. The summed E-state index contributed by atoms with van der Waals surface area (Å²) in [6, 6.07) is 9.55. The Morgan fingerprint density at radius 2 is 2.03 bits per heavy atom. The third kappa shape index (κ3) is 6.42. The molecule has 0 unspecified atom stereocenters. The molecule has 0 atom stereocenters. The second kappa shape index (κ2) is 11.0.